The van der Waals surface area contributed by atoms with E-state index in [1.807, 2.05) is 24.5 Å². The second-order valence-electron chi connectivity index (χ2n) is 6.10. The van der Waals surface area contributed by atoms with Gasteiger partial charge in [-0.15, -0.1) is 12.6 Å². The van der Waals surface area contributed by atoms with E-state index in [9.17, 15) is 0 Å². The first-order valence-electron chi connectivity index (χ1n) is 8.13. The molecule has 25 heavy (non-hydrogen) atoms. The SMILES string of the molecule is Sc1cccc(-c2cc3c(-c4cccc5[nH]ccc45)ccnc3[nH]2)c1. The summed E-state index contributed by atoms with van der Waals surface area (Å²) < 4.78 is 0. The smallest absolute Gasteiger partial charge is 0.138 e. The minimum Gasteiger partial charge on any atom is -0.361 e. The van der Waals surface area contributed by atoms with Gasteiger partial charge in [0.25, 0.3) is 0 Å². The van der Waals surface area contributed by atoms with Crippen LogP contribution in [-0.4, -0.2) is 15.0 Å². The average Bonchev–Trinajstić information content (AvgIpc) is 3.28. The molecule has 0 saturated carbocycles. The summed E-state index contributed by atoms with van der Waals surface area (Å²) in [6.45, 7) is 0. The van der Waals surface area contributed by atoms with Crippen LogP contribution in [0.4, 0.5) is 0 Å². The van der Waals surface area contributed by atoms with Gasteiger partial charge in [-0.05, 0) is 53.1 Å². The lowest BCUT2D eigenvalue weighted by Gasteiger charge is -2.05. The third-order valence-electron chi connectivity index (χ3n) is 4.57. The number of aromatic nitrogens is 3. The van der Waals surface area contributed by atoms with Crippen LogP contribution in [0.15, 0.2) is 78.0 Å². The molecule has 5 aromatic rings. The number of pyridine rings is 1. The predicted octanol–water partition coefficient (Wildman–Crippen LogP) is 5.67. The molecule has 0 fully saturated rings. The molecule has 0 aliphatic rings. The van der Waals surface area contributed by atoms with Crippen LogP contribution in [0.1, 0.15) is 0 Å². The van der Waals surface area contributed by atoms with E-state index >= 15 is 0 Å². The number of nitrogens with one attached hydrogen (secondary N) is 2. The molecule has 4 heteroatoms. The molecule has 3 aromatic heterocycles. The van der Waals surface area contributed by atoms with Crippen LogP contribution in [-0.2, 0) is 0 Å². The molecule has 0 aliphatic carbocycles. The van der Waals surface area contributed by atoms with Crippen molar-refractivity contribution in [2.45, 2.75) is 4.90 Å². The molecule has 0 radical (unpaired) electrons. The highest BCUT2D eigenvalue weighted by atomic mass is 32.1. The van der Waals surface area contributed by atoms with Gasteiger partial charge >= 0.3 is 0 Å². The van der Waals surface area contributed by atoms with Crippen molar-refractivity contribution in [3.05, 3.63) is 73.1 Å². The summed E-state index contributed by atoms with van der Waals surface area (Å²) in [5.41, 5.74) is 6.58. The van der Waals surface area contributed by atoms with Crippen LogP contribution >= 0.6 is 12.6 Å². The van der Waals surface area contributed by atoms with Crippen LogP contribution in [0, 0.1) is 0 Å². The molecule has 0 unspecified atom stereocenters. The summed E-state index contributed by atoms with van der Waals surface area (Å²) >= 11 is 4.44. The van der Waals surface area contributed by atoms with E-state index in [-0.39, 0.29) is 0 Å². The minimum atomic E-state index is 0.893. The van der Waals surface area contributed by atoms with Gasteiger partial charge in [0, 0.05) is 39.3 Å². The maximum absolute atomic E-state index is 4.52. The summed E-state index contributed by atoms with van der Waals surface area (Å²) in [6, 6.07) is 20.8. The van der Waals surface area contributed by atoms with E-state index in [0.29, 0.717) is 0 Å². The van der Waals surface area contributed by atoms with Crippen molar-refractivity contribution in [1.82, 2.24) is 15.0 Å². The van der Waals surface area contributed by atoms with Gasteiger partial charge in [0.15, 0.2) is 0 Å². The Hall–Kier alpha value is -2.98. The fourth-order valence-electron chi connectivity index (χ4n) is 3.41. The Labute approximate surface area is 150 Å². The van der Waals surface area contributed by atoms with Crippen LogP contribution in [0.2, 0.25) is 0 Å². The number of thiol groups is 1. The Morgan fingerprint density at radius 1 is 0.840 bits per heavy atom. The summed E-state index contributed by atoms with van der Waals surface area (Å²) in [7, 11) is 0. The molecule has 0 saturated heterocycles. The van der Waals surface area contributed by atoms with E-state index in [0.717, 1.165) is 32.7 Å². The summed E-state index contributed by atoms with van der Waals surface area (Å²) in [5, 5.41) is 2.34. The van der Waals surface area contributed by atoms with Gasteiger partial charge in [-0.25, -0.2) is 4.98 Å². The Bertz CT molecular complexity index is 1220. The van der Waals surface area contributed by atoms with E-state index in [1.54, 1.807) is 0 Å². The lowest BCUT2D eigenvalue weighted by Crippen LogP contribution is -1.83. The molecule has 3 heterocycles. The number of fused-ring (bicyclic) bond motifs is 2. The van der Waals surface area contributed by atoms with Crippen LogP contribution in [0.25, 0.3) is 44.3 Å². The Morgan fingerprint density at radius 2 is 1.72 bits per heavy atom. The topological polar surface area (TPSA) is 44.5 Å². The monoisotopic (exact) mass is 341 g/mol. The maximum Gasteiger partial charge on any atom is 0.138 e. The number of aromatic amines is 2. The molecule has 2 N–H and O–H groups in total. The predicted molar refractivity (Wildman–Crippen MR) is 106 cm³/mol. The van der Waals surface area contributed by atoms with Gasteiger partial charge in [0.2, 0.25) is 0 Å². The van der Waals surface area contributed by atoms with Gasteiger partial charge in [-0.2, -0.15) is 0 Å². The molecule has 0 aliphatic heterocycles. The quantitative estimate of drug-likeness (QED) is 0.356. The molecule has 3 nitrogen and oxygen atoms in total. The molecule has 0 bridgehead atoms. The second kappa shape index (κ2) is 5.53. The first-order valence-corrected chi connectivity index (χ1v) is 8.58. The number of hydrogen-bond acceptors (Lipinski definition) is 2. The third kappa shape index (κ3) is 2.34. The first-order chi connectivity index (χ1) is 12.3. The van der Waals surface area contributed by atoms with Gasteiger partial charge in [-0.1, -0.05) is 24.3 Å². The van der Waals surface area contributed by atoms with E-state index in [1.165, 1.54) is 16.5 Å². The van der Waals surface area contributed by atoms with Gasteiger partial charge in [0.05, 0.1) is 0 Å². The number of nitrogens with zero attached hydrogens (tertiary/aromatic N) is 1. The summed E-state index contributed by atoms with van der Waals surface area (Å²) in [4.78, 5) is 12.2. The second-order valence-corrected chi connectivity index (χ2v) is 6.62. The zero-order valence-corrected chi connectivity index (χ0v) is 14.2. The number of hydrogen-bond donors (Lipinski definition) is 3. The molecule has 5 rings (SSSR count). The van der Waals surface area contributed by atoms with Crippen molar-refractivity contribution in [3.63, 3.8) is 0 Å². The number of rotatable bonds is 2. The lowest BCUT2D eigenvalue weighted by molar-refractivity contribution is 1.32. The highest BCUT2D eigenvalue weighted by molar-refractivity contribution is 7.80. The summed E-state index contributed by atoms with van der Waals surface area (Å²) in [6.07, 6.45) is 3.84. The zero-order valence-electron chi connectivity index (χ0n) is 13.3. The van der Waals surface area contributed by atoms with Gasteiger partial charge in [-0.3, -0.25) is 0 Å². The molecular formula is C21H15N3S. The molecular weight excluding hydrogens is 326 g/mol. The normalized spacial score (nSPS) is 11.4. The van der Waals surface area contributed by atoms with Crippen LogP contribution in [0.3, 0.4) is 0 Å². The lowest BCUT2D eigenvalue weighted by atomic mass is 10.00. The standard InChI is InChI=1S/C21H15N3S/c25-14-4-1-3-13(11-14)20-12-18-16(7-10-23-21(18)24-20)15-5-2-6-19-17(15)8-9-22-19/h1-12,22,25H,(H,23,24). The fraction of sp³-hybridized carbons (Fsp3) is 0. The largest absolute Gasteiger partial charge is 0.361 e. The Morgan fingerprint density at radius 3 is 2.64 bits per heavy atom. The fourth-order valence-corrected chi connectivity index (χ4v) is 3.64. The van der Waals surface area contributed by atoms with Crippen molar-refractivity contribution in [2.24, 2.45) is 0 Å². The van der Waals surface area contributed by atoms with Gasteiger partial charge in [0.1, 0.15) is 5.65 Å². The van der Waals surface area contributed by atoms with Crippen LogP contribution < -0.4 is 0 Å². The van der Waals surface area contributed by atoms with Crippen molar-refractivity contribution in [2.75, 3.05) is 0 Å². The Balaban J connectivity index is 1.76. The molecule has 0 spiro atoms. The molecule has 2 aromatic carbocycles. The van der Waals surface area contributed by atoms with Gasteiger partial charge < -0.3 is 9.97 Å². The minimum absolute atomic E-state index is 0.893. The highest BCUT2D eigenvalue weighted by Crippen LogP contribution is 2.35. The number of benzene rings is 2. The van der Waals surface area contributed by atoms with Crippen molar-refractivity contribution in [1.29, 1.82) is 0 Å². The maximum atomic E-state index is 4.52. The molecule has 0 atom stereocenters. The van der Waals surface area contributed by atoms with E-state index < -0.39 is 0 Å². The average molecular weight is 341 g/mol. The third-order valence-corrected chi connectivity index (χ3v) is 4.85. The molecule has 120 valence electrons. The molecule has 0 amide bonds. The van der Waals surface area contributed by atoms with Crippen molar-refractivity contribution in [3.8, 4) is 22.4 Å². The zero-order chi connectivity index (χ0) is 16.8. The van der Waals surface area contributed by atoms with Crippen molar-refractivity contribution < 1.29 is 0 Å². The Kier molecular flexibility index (Phi) is 3.18. The van der Waals surface area contributed by atoms with E-state index in [2.05, 4.69) is 76.1 Å². The van der Waals surface area contributed by atoms with Crippen LogP contribution in [0.5, 0.6) is 0 Å². The van der Waals surface area contributed by atoms with E-state index in [4.69, 9.17) is 0 Å². The van der Waals surface area contributed by atoms with Crippen molar-refractivity contribution >= 4 is 34.6 Å². The number of H-pyrrole nitrogens is 2. The summed E-state index contributed by atoms with van der Waals surface area (Å²) in [5.74, 6) is 0. The first kappa shape index (κ1) is 14.4. The highest BCUT2D eigenvalue weighted by Gasteiger charge is 2.12.